The van der Waals surface area contributed by atoms with E-state index in [0.717, 1.165) is 23.8 Å². The van der Waals surface area contributed by atoms with Crippen LogP contribution in [-0.4, -0.2) is 10.2 Å². The van der Waals surface area contributed by atoms with Crippen molar-refractivity contribution in [1.29, 1.82) is 0 Å². The summed E-state index contributed by atoms with van der Waals surface area (Å²) in [6.07, 6.45) is 4.24. The molecule has 4 heteroatoms. The Balaban J connectivity index is 1.96. The maximum atomic E-state index is 5.98. The van der Waals surface area contributed by atoms with Crippen molar-refractivity contribution >= 4 is 11.6 Å². The van der Waals surface area contributed by atoms with Crippen molar-refractivity contribution in [2.75, 3.05) is 0 Å². The first kappa shape index (κ1) is 13.4. The summed E-state index contributed by atoms with van der Waals surface area (Å²) in [7, 11) is 0. The fraction of sp³-hybridized carbons (Fsp3) is 0.375. The van der Waals surface area contributed by atoms with Crippen LogP contribution in [0.1, 0.15) is 48.9 Å². The molecule has 1 heterocycles. The largest absolute Gasteiger partial charge is 0.425 e. The smallest absolute Gasteiger partial charge is 0.220 e. The van der Waals surface area contributed by atoms with Crippen LogP contribution in [0.3, 0.4) is 0 Å². The Morgan fingerprint density at radius 3 is 2.50 bits per heavy atom. The van der Waals surface area contributed by atoms with Gasteiger partial charge >= 0.3 is 0 Å². The van der Waals surface area contributed by atoms with E-state index in [9.17, 15) is 0 Å². The summed E-state index contributed by atoms with van der Waals surface area (Å²) in [6, 6.07) is 8.09. The van der Waals surface area contributed by atoms with Gasteiger partial charge in [0, 0.05) is 17.9 Å². The monoisotopic (exact) mass is 288 g/mol. The minimum absolute atomic E-state index is 0.251. The van der Waals surface area contributed by atoms with E-state index in [1.807, 2.05) is 19.1 Å². The first-order valence-corrected chi connectivity index (χ1v) is 7.22. The minimum Gasteiger partial charge on any atom is -0.425 e. The summed E-state index contributed by atoms with van der Waals surface area (Å²) in [6.45, 7) is 4.01. The zero-order valence-electron chi connectivity index (χ0n) is 11.6. The molecule has 3 rings (SSSR count). The van der Waals surface area contributed by atoms with Crippen molar-refractivity contribution in [3.63, 3.8) is 0 Å². The molecule has 2 aromatic rings. The van der Waals surface area contributed by atoms with Crippen LogP contribution < -0.4 is 0 Å². The summed E-state index contributed by atoms with van der Waals surface area (Å²) < 4.78 is 5.66. The zero-order chi connectivity index (χ0) is 14.1. The van der Waals surface area contributed by atoms with Gasteiger partial charge in [-0.2, -0.15) is 0 Å². The Morgan fingerprint density at radius 1 is 1.10 bits per heavy atom. The lowest BCUT2D eigenvalue weighted by Crippen LogP contribution is -2.15. The molecule has 0 bridgehead atoms. The van der Waals surface area contributed by atoms with Crippen molar-refractivity contribution in [3.8, 4) is 0 Å². The Morgan fingerprint density at radius 2 is 1.85 bits per heavy atom. The van der Waals surface area contributed by atoms with Gasteiger partial charge in [-0.15, -0.1) is 10.2 Å². The predicted molar refractivity (Wildman–Crippen MR) is 79.0 cm³/mol. The topological polar surface area (TPSA) is 38.9 Å². The number of aryl methyl sites for hydroxylation is 1. The van der Waals surface area contributed by atoms with Crippen LogP contribution in [0.2, 0.25) is 5.02 Å². The fourth-order valence-electron chi connectivity index (χ4n) is 2.86. The van der Waals surface area contributed by atoms with Gasteiger partial charge in [0.2, 0.25) is 11.8 Å². The Kier molecular flexibility index (Phi) is 3.62. The van der Waals surface area contributed by atoms with E-state index < -0.39 is 0 Å². The molecule has 104 valence electrons. The molecule has 0 radical (unpaired) electrons. The van der Waals surface area contributed by atoms with Gasteiger partial charge in [0.15, 0.2) is 0 Å². The molecule has 1 aliphatic rings. The van der Waals surface area contributed by atoms with Gasteiger partial charge in [-0.3, -0.25) is 0 Å². The Hall–Kier alpha value is -1.61. The number of hydrogen-bond donors (Lipinski definition) is 0. The van der Waals surface area contributed by atoms with Crippen LogP contribution in [0, 0.1) is 6.92 Å². The molecule has 3 nitrogen and oxygen atoms in total. The third kappa shape index (κ3) is 2.63. The molecule has 1 aromatic heterocycles. The number of halogens is 1. The van der Waals surface area contributed by atoms with E-state index in [4.69, 9.17) is 16.0 Å². The van der Waals surface area contributed by atoms with E-state index in [1.165, 1.54) is 11.1 Å². The maximum absolute atomic E-state index is 5.98. The van der Waals surface area contributed by atoms with Gasteiger partial charge in [0.25, 0.3) is 0 Å². The van der Waals surface area contributed by atoms with Crippen LogP contribution in [0.15, 0.2) is 40.3 Å². The number of aromatic nitrogens is 2. The standard InChI is InChI=1S/C16H17ClN2O/c1-10-3-8-14(16-19-18-11(2)20-16)15(9-10)12-4-6-13(17)7-5-12/h3-7,14-15H,8-9H2,1-2H3/t14-,15+/m1/s1. The molecule has 0 amide bonds. The van der Waals surface area contributed by atoms with Crippen LogP contribution in [0.5, 0.6) is 0 Å². The highest BCUT2D eigenvalue weighted by Gasteiger charge is 2.31. The number of hydrogen-bond acceptors (Lipinski definition) is 3. The second kappa shape index (κ2) is 5.41. The number of allylic oxidation sites excluding steroid dienone is 2. The van der Waals surface area contributed by atoms with Crippen molar-refractivity contribution in [3.05, 3.63) is 58.3 Å². The molecule has 1 aromatic carbocycles. The molecule has 0 spiro atoms. The molecule has 0 saturated heterocycles. The third-order valence-corrected chi connectivity index (χ3v) is 4.16. The van der Waals surface area contributed by atoms with Crippen LogP contribution in [-0.2, 0) is 0 Å². The van der Waals surface area contributed by atoms with E-state index in [-0.39, 0.29) is 5.92 Å². The summed E-state index contributed by atoms with van der Waals surface area (Å²) in [5.74, 6) is 1.99. The fourth-order valence-corrected chi connectivity index (χ4v) is 2.99. The van der Waals surface area contributed by atoms with Crippen LogP contribution >= 0.6 is 11.6 Å². The van der Waals surface area contributed by atoms with E-state index in [0.29, 0.717) is 11.8 Å². The average Bonchev–Trinajstić information content (AvgIpc) is 2.86. The molecule has 0 aliphatic heterocycles. The molecule has 2 atom stereocenters. The summed E-state index contributed by atoms with van der Waals surface area (Å²) in [4.78, 5) is 0. The summed E-state index contributed by atoms with van der Waals surface area (Å²) >= 11 is 5.98. The normalized spacial score (nSPS) is 22.6. The van der Waals surface area contributed by atoms with E-state index >= 15 is 0 Å². The predicted octanol–water partition coefficient (Wildman–Crippen LogP) is 4.64. The van der Waals surface area contributed by atoms with Gasteiger partial charge < -0.3 is 4.42 Å². The van der Waals surface area contributed by atoms with Gasteiger partial charge in [-0.1, -0.05) is 35.4 Å². The molecule has 20 heavy (non-hydrogen) atoms. The van der Waals surface area contributed by atoms with Crippen LogP contribution in [0.25, 0.3) is 0 Å². The summed E-state index contributed by atoms with van der Waals surface area (Å²) in [5, 5.41) is 8.95. The van der Waals surface area contributed by atoms with E-state index in [2.05, 4.69) is 35.3 Å². The van der Waals surface area contributed by atoms with Crippen molar-refractivity contribution in [1.82, 2.24) is 10.2 Å². The lowest BCUT2D eigenvalue weighted by Gasteiger charge is -2.28. The third-order valence-electron chi connectivity index (χ3n) is 3.90. The highest BCUT2D eigenvalue weighted by molar-refractivity contribution is 6.30. The van der Waals surface area contributed by atoms with Crippen LogP contribution in [0.4, 0.5) is 0 Å². The first-order valence-electron chi connectivity index (χ1n) is 6.84. The van der Waals surface area contributed by atoms with Gasteiger partial charge in [0.1, 0.15) is 0 Å². The molecule has 0 fully saturated rings. The molecule has 1 aliphatic carbocycles. The molecule has 0 unspecified atom stereocenters. The van der Waals surface area contributed by atoms with Gasteiger partial charge in [0.05, 0.1) is 0 Å². The quantitative estimate of drug-likeness (QED) is 0.756. The summed E-state index contributed by atoms with van der Waals surface area (Å²) in [5.41, 5.74) is 2.69. The average molecular weight is 289 g/mol. The van der Waals surface area contributed by atoms with Crippen molar-refractivity contribution < 1.29 is 4.42 Å². The van der Waals surface area contributed by atoms with Crippen molar-refractivity contribution in [2.24, 2.45) is 0 Å². The highest BCUT2D eigenvalue weighted by atomic mass is 35.5. The molecular formula is C16H17ClN2O. The minimum atomic E-state index is 0.251. The van der Waals surface area contributed by atoms with Crippen molar-refractivity contribution in [2.45, 2.75) is 38.5 Å². The second-order valence-electron chi connectivity index (χ2n) is 5.41. The van der Waals surface area contributed by atoms with E-state index in [1.54, 1.807) is 0 Å². The molecular weight excluding hydrogens is 272 g/mol. The lowest BCUT2D eigenvalue weighted by molar-refractivity contribution is 0.381. The Bertz CT molecular complexity index is 630. The highest BCUT2D eigenvalue weighted by Crippen LogP contribution is 2.43. The number of benzene rings is 1. The first-order chi connectivity index (χ1) is 9.63. The lowest BCUT2D eigenvalue weighted by atomic mass is 9.76. The van der Waals surface area contributed by atoms with Gasteiger partial charge in [-0.25, -0.2) is 0 Å². The van der Waals surface area contributed by atoms with Gasteiger partial charge in [-0.05, 0) is 43.4 Å². The molecule has 0 N–H and O–H groups in total. The Labute approximate surface area is 123 Å². The maximum Gasteiger partial charge on any atom is 0.220 e. The molecule has 0 saturated carbocycles. The SMILES string of the molecule is CC1=CC[C@@H](c2nnc(C)o2)[C@H](c2ccc(Cl)cc2)C1. The zero-order valence-corrected chi connectivity index (χ0v) is 12.4. The second-order valence-corrected chi connectivity index (χ2v) is 5.85. The number of rotatable bonds is 2. The number of nitrogens with zero attached hydrogens (tertiary/aromatic N) is 2.